The van der Waals surface area contributed by atoms with Gasteiger partial charge in [0.2, 0.25) is 0 Å². The van der Waals surface area contributed by atoms with Gasteiger partial charge in [-0.15, -0.1) is 35.3 Å². The third-order valence-corrected chi connectivity index (χ3v) is 6.06. The van der Waals surface area contributed by atoms with Crippen LogP contribution in [0.1, 0.15) is 44.8 Å². The molecule has 0 amide bonds. The maximum atomic E-state index is 5.47. The minimum atomic E-state index is 0. The lowest BCUT2D eigenvalue weighted by Gasteiger charge is -2.29. The fourth-order valence-corrected chi connectivity index (χ4v) is 4.56. The zero-order valence-electron chi connectivity index (χ0n) is 17.7. The van der Waals surface area contributed by atoms with Gasteiger partial charge in [-0.3, -0.25) is 4.90 Å². The molecule has 0 aliphatic carbocycles. The van der Waals surface area contributed by atoms with E-state index in [1.54, 1.807) is 11.3 Å². The molecule has 28 heavy (non-hydrogen) atoms. The van der Waals surface area contributed by atoms with Gasteiger partial charge in [-0.1, -0.05) is 20.8 Å². The highest BCUT2D eigenvalue weighted by Crippen LogP contribution is 2.24. The van der Waals surface area contributed by atoms with Crippen molar-refractivity contribution in [3.05, 3.63) is 16.1 Å². The first-order valence-electron chi connectivity index (χ1n) is 10.2. The van der Waals surface area contributed by atoms with Crippen LogP contribution in [-0.4, -0.2) is 73.2 Å². The van der Waals surface area contributed by atoms with Crippen LogP contribution in [-0.2, 0) is 16.7 Å². The van der Waals surface area contributed by atoms with Gasteiger partial charge in [0.25, 0.3) is 0 Å². The van der Waals surface area contributed by atoms with Crippen molar-refractivity contribution in [1.29, 1.82) is 0 Å². The Labute approximate surface area is 191 Å². The van der Waals surface area contributed by atoms with Crippen molar-refractivity contribution in [2.75, 3.05) is 52.5 Å². The number of thiazole rings is 1. The van der Waals surface area contributed by atoms with Crippen LogP contribution in [0.15, 0.2) is 10.4 Å². The van der Waals surface area contributed by atoms with Crippen molar-refractivity contribution in [3.8, 4) is 0 Å². The second-order valence-corrected chi connectivity index (χ2v) is 9.50. The van der Waals surface area contributed by atoms with E-state index in [1.165, 1.54) is 13.0 Å². The van der Waals surface area contributed by atoms with Gasteiger partial charge in [0.15, 0.2) is 5.96 Å². The van der Waals surface area contributed by atoms with Crippen LogP contribution in [0.4, 0.5) is 0 Å². The van der Waals surface area contributed by atoms with E-state index >= 15 is 0 Å². The smallest absolute Gasteiger partial charge is 0.194 e. The van der Waals surface area contributed by atoms with E-state index in [2.05, 4.69) is 48.2 Å². The lowest BCUT2D eigenvalue weighted by molar-refractivity contribution is 0.0315. The molecule has 3 rings (SSSR count). The Morgan fingerprint density at radius 3 is 2.71 bits per heavy atom. The molecule has 2 fully saturated rings. The molecule has 2 aliphatic heterocycles. The van der Waals surface area contributed by atoms with Gasteiger partial charge in [-0.05, 0) is 19.3 Å². The standard InChI is InChI=1S/C20H35N5OS.HI/c1-5-21-19(22-12-18-23-17(15-27-18)20(2,3)4)25-7-6-16(14-25)13-24-8-10-26-11-9-24;/h15-16H,5-14H2,1-4H3,(H,21,22);1H. The Morgan fingerprint density at radius 1 is 1.32 bits per heavy atom. The molecule has 1 atom stereocenters. The van der Waals surface area contributed by atoms with Crippen molar-refractivity contribution in [2.45, 2.75) is 46.1 Å². The van der Waals surface area contributed by atoms with Crippen molar-refractivity contribution in [3.63, 3.8) is 0 Å². The largest absolute Gasteiger partial charge is 0.379 e. The van der Waals surface area contributed by atoms with Crippen LogP contribution in [0, 0.1) is 5.92 Å². The number of hydrogen-bond acceptors (Lipinski definition) is 5. The first-order chi connectivity index (χ1) is 13.0. The van der Waals surface area contributed by atoms with E-state index in [1.807, 2.05) is 0 Å². The summed E-state index contributed by atoms with van der Waals surface area (Å²) in [7, 11) is 0. The Morgan fingerprint density at radius 2 is 2.07 bits per heavy atom. The molecule has 2 saturated heterocycles. The van der Waals surface area contributed by atoms with Gasteiger partial charge in [0.05, 0.1) is 25.5 Å². The average Bonchev–Trinajstić information content (AvgIpc) is 3.29. The maximum Gasteiger partial charge on any atom is 0.194 e. The monoisotopic (exact) mass is 521 g/mol. The van der Waals surface area contributed by atoms with Gasteiger partial charge >= 0.3 is 0 Å². The fourth-order valence-electron chi connectivity index (χ4n) is 3.62. The molecule has 160 valence electrons. The molecule has 0 radical (unpaired) electrons. The highest BCUT2D eigenvalue weighted by Gasteiger charge is 2.27. The third kappa shape index (κ3) is 6.81. The van der Waals surface area contributed by atoms with E-state index < -0.39 is 0 Å². The fraction of sp³-hybridized carbons (Fsp3) is 0.800. The Hall–Kier alpha value is -0.450. The van der Waals surface area contributed by atoms with Crippen LogP contribution in [0.3, 0.4) is 0 Å². The van der Waals surface area contributed by atoms with E-state index in [4.69, 9.17) is 14.7 Å². The van der Waals surface area contributed by atoms with Crippen molar-refractivity contribution in [2.24, 2.45) is 10.9 Å². The average molecular weight is 522 g/mol. The maximum absolute atomic E-state index is 5.47. The number of rotatable bonds is 5. The second-order valence-electron chi connectivity index (χ2n) is 8.56. The molecule has 1 N–H and O–H groups in total. The molecule has 0 spiro atoms. The minimum Gasteiger partial charge on any atom is -0.379 e. The molecular weight excluding hydrogens is 485 g/mol. The lowest BCUT2D eigenvalue weighted by Crippen LogP contribution is -2.42. The number of hydrogen-bond donors (Lipinski definition) is 1. The van der Waals surface area contributed by atoms with E-state index in [0.29, 0.717) is 6.54 Å². The van der Waals surface area contributed by atoms with Crippen LogP contribution < -0.4 is 5.32 Å². The predicted molar refractivity (Wildman–Crippen MR) is 128 cm³/mol. The first-order valence-corrected chi connectivity index (χ1v) is 11.1. The third-order valence-electron chi connectivity index (χ3n) is 5.22. The molecule has 2 aliphatic rings. The molecule has 1 aromatic rings. The van der Waals surface area contributed by atoms with Gasteiger partial charge in [0.1, 0.15) is 5.01 Å². The molecule has 0 bridgehead atoms. The summed E-state index contributed by atoms with van der Waals surface area (Å²) in [6.45, 7) is 17.6. The summed E-state index contributed by atoms with van der Waals surface area (Å²) in [4.78, 5) is 14.6. The summed E-state index contributed by atoms with van der Waals surface area (Å²) in [6, 6.07) is 0. The molecule has 0 saturated carbocycles. The van der Waals surface area contributed by atoms with Crippen LogP contribution >= 0.6 is 35.3 Å². The number of nitrogens with zero attached hydrogens (tertiary/aromatic N) is 4. The number of morpholine rings is 1. The molecule has 0 aromatic carbocycles. The number of likely N-dealkylation sites (tertiary alicyclic amines) is 1. The topological polar surface area (TPSA) is 53.0 Å². The Kier molecular flexibility index (Phi) is 9.43. The van der Waals surface area contributed by atoms with Crippen LogP contribution in [0.2, 0.25) is 0 Å². The minimum absolute atomic E-state index is 0. The first kappa shape index (κ1) is 23.8. The summed E-state index contributed by atoms with van der Waals surface area (Å²) >= 11 is 1.72. The number of ether oxygens (including phenoxy) is 1. The number of aromatic nitrogens is 1. The highest BCUT2D eigenvalue weighted by molar-refractivity contribution is 14.0. The predicted octanol–water partition coefficient (Wildman–Crippen LogP) is 3.18. The van der Waals surface area contributed by atoms with E-state index in [9.17, 15) is 0 Å². The van der Waals surface area contributed by atoms with Crippen LogP contribution in [0.5, 0.6) is 0 Å². The summed E-state index contributed by atoms with van der Waals surface area (Å²) in [5.41, 5.74) is 1.26. The number of guanidine groups is 1. The summed E-state index contributed by atoms with van der Waals surface area (Å²) in [5, 5.41) is 6.74. The normalized spacial score (nSPS) is 21.6. The number of aliphatic imine (C=N–C) groups is 1. The zero-order chi connectivity index (χ0) is 19.3. The molecule has 8 heteroatoms. The molecule has 1 aromatic heterocycles. The van der Waals surface area contributed by atoms with E-state index in [0.717, 1.165) is 68.5 Å². The molecule has 6 nitrogen and oxygen atoms in total. The zero-order valence-corrected chi connectivity index (χ0v) is 20.9. The summed E-state index contributed by atoms with van der Waals surface area (Å²) in [5.74, 6) is 1.76. The quantitative estimate of drug-likeness (QED) is 0.367. The highest BCUT2D eigenvalue weighted by atomic mass is 127. The summed E-state index contributed by atoms with van der Waals surface area (Å²) in [6.07, 6.45) is 1.24. The van der Waals surface area contributed by atoms with Crippen LogP contribution in [0.25, 0.3) is 0 Å². The second kappa shape index (κ2) is 11.1. The van der Waals surface area contributed by atoms with Gasteiger partial charge in [-0.25, -0.2) is 9.98 Å². The van der Waals surface area contributed by atoms with Crippen molar-refractivity contribution < 1.29 is 4.74 Å². The van der Waals surface area contributed by atoms with Crippen molar-refractivity contribution in [1.82, 2.24) is 20.1 Å². The van der Waals surface area contributed by atoms with Gasteiger partial charge in [0, 0.05) is 50.1 Å². The van der Waals surface area contributed by atoms with Crippen molar-refractivity contribution >= 4 is 41.3 Å². The number of nitrogens with one attached hydrogen (secondary N) is 1. The van der Waals surface area contributed by atoms with Gasteiger partial charge < -0.3 is 15.0 Å². The molecular formula is C20H36IN5OS. The van der Waals surface area contributed by atoms with E-state index in [-0.39, 0.29) is 29.4 Å². The Bertz CT molecular complexity index is 624. The molecule has 1 unspecified atom stereocenters. The number of halogens is 1. The summed E-state index contributed by atoms with van der Waals surface area (Å²) < 4.78 is 5.47. The lowest BCUT2D eigenvalue weighted by atomic mass is 9.93. The molecule has 3 heterocycles. The SMILES string of the molecule is CCNC(=NCc1nc(C(C)(C)C)cs1)N1CCC(CN2CCOCC2)C1.I. The van der Waals surface area contributed by atoms with Gasteiger partial charge in [-0.2, -0.15) is 0 Å². The Balaban J connectivity index is 0.00000280.